The molecular weight excluding hydrogens is 284 g/mol. The number of hydrogen-bond donors (Lipinski definition) is 0. The Morgan fingerprint density at radius 3 is 2.73 bits per heavy atom. The zero-order valence-corrected chi connectivity index (χ0v) is 13.3. The van der Waals surface area contributed by atoms with Crippen molar-refractivity contribution in [3.8, 4) is 5.75 Å². The van der Waals surface area contributed by atoms with Crippen LogP contribution in [0.15, 0.2) is 10.6 Å². The average Bonchev–Trinajstić information content (AvgIpc) is 3.21. The fourth-order valence-corrected chi connectivity index (χ4v) is 2.42. The van der Waals surface area contributed by atoms with Crippen LogP contribution in [-0.2, 0) is 11.2 Å². The summed E-state index contributed by atoms with van der Waals surface area (Å²) in [6, 6.07) is 1.81. The number of carbonyl (C=O) groups is 1. The fourth-order valence-electron chi connectivity index (χ4n) is 2.42. The lowest BCUT2D eigenvalue weighted by Gasteiger charge is -2.16. The molecule has 2 aromatic heterocycles. The number of carbonyl (C=O) groups excluding carboxylic acids is 1. The minimum absolute atomic E-state index is 0.0293. The Bertz CT molecular complexity index is 711. The molecule has 0 N–H and O–H groups in total. The van der Waals surface area contributed by atoms with Crippen molar-refractivity contribution in [2.75, 3.05) is 7.11 Å². The lowest BCUT2D eigenvalue weighted by atomic mass is 9.89. The molecule has 1 saturated carbocycles. The van der Waals surface area contributed by atoms with Gasteiger partial charge in [-0.1, -0.05) is 25.9 Å². The van der Waals surface area contributed by atoms with E-state index in [-0.39, 0.29) is 5.41 Å². The SMILES string of the molecule is COC(=O)Oc1cc(C2CC2)nc2onc(CC(C)(C)C)c12. The topological polar surface area (TPSA) is 74.5 Å². The van der Waals surface area contributed by atoms with Gasteiger partial charge in [-0.25, -0.2) is 9.78 Å². The minimum atomic E-state index is -0.753. The van der Waals surface area contributed by atoms with Crippen molar-refractivity contribution < 1.29 is 18.8 Å². The highest BCUT2D eigenvalue weighted by Crippen LogP contribution is 2.42. The number of pyridine rings is 1. The van der Waals surface area contributed by atoms with Gasteiger partial charge in [0.15, 0.2) is 5.75 Å². The first kappa shape index (κ1) is 14.8. The average molecular weight is 304 g/mol. The lowest BCUT2D eigenvalue weighted by Crippen LogP contribution is -2.11. The normalized spacial score (nSPS) is 15.1. The molecule has 2 aromatic rings. The van der Waals surface area contributed by atoms with Gasteiger partial charge in [-0.3, -0.25) is 0 Å². The summed E-state index contributed by atoms with van der Waals surface area (Å²) in [6.07, 6.45) is 2.14. The highest BCUT2D eigenvalue weighted by Gasteiger charge is 2.29. The molecule has 0 aliphatic heterocycles. The predicted octanol–water partition coefficient (Wildman–Crippen LogP) is 3.83. The van der Waals surface area contributed by atoms with Crippen molar-refractivity contribution in [1.82, 2.24) is 10.1 Å². The highest BCUT2D eigenvalue weighted by atomic mass is 16.7. The van der Waals surface area contributed by atoms with Gasteiger partial charge < -0.3 is 14.0 Å². The van der Waals surface area contributed by atoms with E-state index in [1.807, 2.05) is 0 Å². The zero-order chi connectivity index (χ0) is 15.9. The van der Waals surface area contributed by atoms with Crippen LogP contribution >= 0.6 is 0 Å². The van der Waals surface area contributed by atoms with Crippen LogP contribution in [0.4, 0.5) is 4.79 Å². The molecule has 0 saturated heterocycles. The van der Waals surface area contributed by atoms with Gasteiger partial charge in [-0.2, -0.15) is 0 Å². The predicted molar refractivity (Wildman–Crippen MR) is 80.0 cm³/mol. The molecule has 0 unspecified atom stereocenters. The smallest absolute Gasteiger partial charge is 0.437 e. The van der Waals surface area contributed by atoms with E-state index >= 15 is 0 Å². The van der Waals surface area contributed by atoms with Crippen LogP contribution < -0.4 is 4.74 Å². The highest BCUT2D eigenvalue weighted by molar-refractivity contribution is 5.86. The first-order valence-corrected chi connectivity index (χ1v) is 7.42. The summed E-state index contributed by atoms with van der Waals surface area (Å²) < 4.78 is 15.3. The summed E-state index contributed by atoms with van der Waals surface area (Å²) in [4.78, 5) is 16.0. The van der Waals surface area contributed by atoms with Crippen molar-refractivity contribution in [3.05, 3.63) is 17.5 Å². The quantitative estimate of drug-likeness (QED) is 0.802. The number of methoxy groups -OCH3 is 1. The number of ether oxygens (including phenoxy) is 2. The third-order valence-electron chi connectivity index (χ3n) is 3.55. The minimum Gasteiger partial charge on any atom is -0.437 e. The molecule has 6 heteroatoms. The molecule has 0 spiro atoms. The van der Waals surface area contributed by atoms with E-state index in [4.69, 9.17) is 9.26 Å². The van der Waals surface area contributed by atoms with Gasteiger partial charge in [0.05, 0.1) is 18.5 Å². The molecule has 22 heavy (non-hydrogen) atoms. The standard InChI is InChI=1S/C16H20N2O4/c1-16(2,3)8-11-13-12(21-15(19)20-4)7-10(9-5-6-9)17-14(13)22-18-11/h7,9H,5-6,8H2,1-4H3. The second kappa shape index (κ2) is 5.26. The zero-order valence-electron chi connectivity index (χ0n) is 13.3. The first-order chi connectivity index (χ1) is 10.4. The van der Waals surface area contributed by atoms with Crippen LogP contribution in [0.2, 0.25) is 0 Å². The molecule has 1 fully saturated rings. The Kier molecular flexibility index (Phi) is 3.54. The van der Waals surface area contributed by atoms with Gasteiger partial charge in [0.1, 0.15) is 5.39 Å². The fraction of sp³-hybridized carbons (Fsp3) is 0.562. The Morgan fingerprint density at radius 2 is 2.14 bits per heavy atom. The molecule has 3 rings (SSSR count). The van der Waals surface area contributed by atoms with Gasteiger partial charge in [-0.15, -0.1) is 0 Å². The molecule has 2 heterocycles. The molecule has 118 valence electrons. The largest absolute Gasteiger partial charge is 0.513 e. The first-order valence-electron chi connectivity index (χ1n) is 7.42. The monoisotopic (exact) mass is 304 g/mol. The molecule has 0 aromatic carbocycles. The molecule has 0 bridgehead atoms. The van der Waals surface area contributed by atoms with E-state index in [1.165, 1.54) is 7.11 Å². The summed E-state index contributed by atoms with van der Waals surface area (Å²) >= 11 is 0. The maximum atomic E-state index is 11.5. The van der Waals surface area contributed by atoms with Crippen LogP contribution in [0, 0.1) is 5.41 Å². The Balaban J connectivity index is 2.09. The molecule has 0 radical (unpaired) electrons. The van der Waals surface area contributed by atoms with Gasteiger partial charge >= 0.3 is 6.16 Å². The third-order valence-corrected chi connectivity index (χ3v) is 3.55. The van der Waals surface area contributed by atoms with E-state index in [0.29, 0.717) is 29.2 Å². The van der Waals surface area contributed by atoms with Gasteiger partial charge in [0, 0.05) is 12.0 Å². The van der Waals surface area contributed by atoms with Crippen molar-refractivity contribution in [2.45, 2.75) is 46.0 Å². The summed E-state index contributed by atoms with van der Waals surface area (Å²) in [5.41, 5.74) is 2.07. The van der Waals surface area contributed by atoms with Gasteiger partial charge in [-0.05, 0) is 24.7 Å². The maximum Gasteiger partial charge on any atom is 0.513 e. The number of hydrogen-bond acceptors (Lipinski definition) is 6. The van der Waals surface area contributed by atoms with Crippen LogP contribution in [0.1, 0.15) is 50.9 Å². The summed E-state index contributed by atoms with van der Waals surface area (Å²) in [6.45, 7) is 6.33. The summed E-state index contributed by atoms with van der Waals surface area (Å²) in [5, 5.41) is 4.78. The number of fused-ring (bicyclic) bond motifs is 1. The van der Waals surface area contributed by atoms with Crippen LogP contribution in [0.3, 0.4) is 0 Å². The van der Waals surface area contributed by atoms with Gasteiger partial charge in [0.25, 0.3) is 5.71 Å². The second-order valence-corrected chi connectivity index (χ2v) is 6.92. The van der Waals surface area contributed by atoms with E-state index < -0.39 is 6.16 Å². The van der Waals surface area contributed by atoms with E-state index in [2.05, 4.69) is 35.6 Å². The van der Waals surface area contributed by atoms with Crippen LogP contribution in [0.5, 0.6) is 5.75 Å². The van der Waals surface area contributed by atoms with Gasteiger partial charge in [0.2, 0.25) is 0 Å². The number of rotatable bonds is 3. The summed E-state index contributed by atoms with van der Waals surface area (Å²) in [5.74, 6) is 0.833. The summed E-state index contributed by atoms with van der Waals surface area (Å²) in [7, 11) is 1.28. The molecule has 0 atom stereocenters. The van der Waals surface area contributed by atoms with Crippen molar-refractivity contribution in [1.29, 1.82) is 0 Å². The van der Waals surface area contributed by atoms with E-state index in [1.54, 1.807) is 6.07 Å². The van der Waals surface area contributed by atoms with Crippen molar-refractivity contribution >= 4 is 17.3 Å². The van der Waals surface area contributed by atoms with Crippen molar-refractivity contribution in [3.63, 3.8) is 0 Å². The second-order valence-electron chi connectivity index (χ2n) is 6.92. The third kappa shape index (κ3) is 3.05. The molecule has 6 nitrogen and oxygen atoms in total. The number of aromatic nitrogens is 2. The molecule has 1 aliphatic rings. The molecular formula is C16H20N2O4. The maximum absolute atomic E-state index is 11.5. The lowest BCUT2D eigenvalue weighted by molar-refractivity contribution is 0.122. The Labute approximate surface area is 128 Å². The Morgan fingerprint density at radius 1 is 1.41 bits per heavy atom. The Hall–Kier alpha value is -2.11. The molecule has 0 amide bonds. The van der Waals surface area contributed by atoms with E-state index in [0.717, 1.165) is 24.2 Å². The van der Waals surface area contributed by atoms with Crippen LogP contribution in [0.25, 0.3) is 11.1 Å². The van der Waals surface area contributed by atoms with E-state index in [9.17, 15) is 4.79 Å². The van der Waals surface area contributed by atoms with Crippen LogP contribution in [-0.4, -0.2) is 23.4 Å². The molecule has 1 aliphatic carbocycles. The number of nitrogens with zero attached hydrogens (tertiary/aromatic N) is 2. The van der Waals surface area contributed by atoms with Crippen molar-refractivity contribution in [2.24, 2.45) is 5.41 Å².